The number of nitrogens with one attached hydrogen (secondary N) is 2. The minimum atomic E-state index is -0.0752. The molecule has 0 unspecified atom stereocenters. The zero-order chi connectivity index (χ0) is 16.7. The van der Waals surface area contributed by atoms with Gasteiger partial charge in [0.15, 0.2) is 0 Å². The van der Waals surface area contributed by atoms with Crippen LogP contribution in [0.1, 0.15) is 18.9 Å². The maximum absolute atomic E-state index is 11.3. The van der Waals surface area contributed by atoms with E-state index < -0.39 is 0 Å². The fourth-order valence-corrected chi connectivity index (χ4v) is 3.03. The maximum atomic E-state index is 11.3. The quantitative estimate of drug-likeness (QED) is 0.783. The summed E-state index contributed by atoms with van der Waals surface area (Å²) >= 11 is 6.12. The molecule has 0 saturated carbocycles. The predicted octanol–water partition coefficient (Wildman–Crippen LogP) is 2.48. The summed E-state index contributed by atoms with van der Waals surface area (Å²) in [7, 11) is 0. The van der Waals surface area contributed by atoms with Crippen LogP contribution in [0.2, 0.25) is 5.02 Å². The maximum Gasteiger partial charge on any atom is 0.314 e. The number of hydrogen-bond donors (Lipinski definition) is 2. The van der Waals surface area contributed by atoms with Crippen LogP contribution in [0.3, 0.4) is 0 Å². The van der Waals surface area contributed by atoms with Crippen LogP contribution in [-0.4, -0.2) is 56.7 Å². The number of piperazine rings is 1. The summed E-state index contributed by atoms with van der Waals surface area (Å²) in [6.07, 6.45) is 0.979. The second kappa shape index (κ2) is 8.99. The van der Waals surface area contributed by atoms with Crippen molar-refractivity contribution in [2.24, 2.45) is 0 Å². The number of carbonyl (C=O) groups excluding carboxylic acids is 1. The molecule has 0 bridgehead atoms. The number of urea groups is 1. The Morgan fingerprint density at radius 2 is 1.96 bits per heavy atom. The van der Waals surface area contributed by atoms with Crippen molar-refractivity contribution in [2.75, 3.05) is 50.7 Å². The lowest BCUT2D eigenvalue weighted by molar-refractivity contribution is 0.236. The van der Waals surface area contributed by atoms with Gasteiger partial charge in [-0.1, -0.05) is 17.7 Å². The van der Waals surface area contributed by atoms with Gasteiger partial charge in [-0.2, -0.15) is 0 Å². The van der Waals surface area contributed by atoms with Crippen molar-refractivity contribution >= 4 is 23.3 Å². The third-order valence-corrected chi connectivity index (χ3v) is 4.39. The molecule has 1 heterocycles. The average molecular weight is 339 g/mol. The minimum Gasteiger partial charge on any atom is -0.369 e. The first-order valence-corrected chi connectivity index (χ1v) is 8.73. The summed E-state index contributed by atoms with van der Waals surface area (Å²) in [5.41, 5.74) is 2.52. The lowest BCUT2D eigenvalue weighted by Crippen LogP contribution is -2.47. The SMILES string of the molecule is CCNC(=O)NCCCN1CCN(c2cc(Cl)ccc2C)CC1. The molecule has 5 nitrogen and oxygen atoms in total. The van der Waals surface area contributed by atoms with Gasteiger partial charge in [-0.05, 0) is 44.5 Å². The van der Waals surface area contributed by atoms with E-state index in [0.717, 1.165) is 50.7 Å². The Morgan fingerprint density at radius 3 is 2.65 bits per heavy atom. The normalized spacial score (nSPS) is 15.5. The Bertz CT molecular complexity index is 515. The largest absolute Gasteiger partial charge is 0.369 e. The van der Waals surface area contributed by atoms with Crippen LogP contribution < -0.4 is 15.5 Å². The smallest absolute Gasteiger partial charge is 0.314 e. The number of benzene rings is 1. The zero-order valence-corrected chi connectivity index (χ0v) is 14.8. The number of hydrogen-bond acceptors (Lipinski definition) is 3. The highest BCUT2D eigenvalue weighted by Gasteiger charge is 2.18. The second-order valence-electron chi connectivity index (χ2n) is 5.90. The molecular weight excluding hydrogens is 312 g/mol. The van der Waals surface area contributed by atoms with Crippen LogP contribution >= 0.6 is 11.6 Å². The van der Waals surface area contributed by atoms with Crippen LogP contribution in [0.4, 0.5) is 10.5 Å². The van der Waals surface area contributed by atoms with Gasteiger partial charge in [0.1, 0.15) is 0 Å². The van der Waals surface area contributed by atoms with Crippen molar-refractivity contribution in [1.82, 2.24) is 15.5 Å². The van der Waals surface area contributed by atoms with Crippen LogP contribution in [-0.2, 0) is 0 Å². The molecule has 2 N–H and O–H groups in total. The van der Waals surface area contributed by atoms with Crippen molar-refractivity contribution in [3.63, 3.8) is 0 Å². The minimum absolute atomic E-state index is 0.0752. The van der Waals surface area contributed by atoms with Gasteiger partial charge in [0.25, 0.3) is 0 Å². The van der Waals surface area contributed by atoms with Gasteiger partial charge in [-0.15, -0.1) is 0 Å². The number of aryl methyl sites for hydroxylation is 1. The highest BCUT2D eigenvalue weighted by Crippen LogP contribution is 2.25. The van der Waals surface area contributed by atoms with E-state index in [1.165, 1.54) is 11.3 Å². The molecule has 0 radical (unpaired) electrons. The topological polar surface area (TPSA) is 47.6 Å². The fraction of sp³-hybridized carbons (Fsp3) is 0.588. The molecule has 0 spiro atoms. The highest BCUT2D eigenvalue weighted by atomic mass is 35.5. The van der Waals surface area contributed by atoms with Gasteiger partial charge in [0.05, 0.1) is 0 Å². The number of rotatable bonds is 6. The van der Waals surface area contributed by atoms with E-state index in [-0.39, 0.29) is 6.03 Å². The molecule has 1 fully saturated rings. The predicted molar refractivity (Wildman–Crippen MR) is 96.5 cm³/mol. The number of halogens is 1. The first-order chi connectivity index (χ1) is 11.1. The van der Waals surface area contributed by atoms with E-state index >= 15 is 0 Å². The number of amides is 2. The molecule has 0 aromatic heterocycles. The van der Waals surface area contributed by atoms with E-state index in [4.69, 9.17) is 11.6 Å². The summed E-state index contributed by atoms with van der Waals surface area (Å²) < 4.78 is 0. The summed E-state index contributed by atoms with van der Waals surface area (Å²) in [4.78, 5) is 16.2. The van der Waals surface area contributed by atoms with Crippen molar-refractivity contribution < 1.29 is 4.79 Å². The van der Waals surface area contributed by atoms with E-state index in [2.05, 4.69) is 39.5 Å². The lowest BCUT2D eigenvalue weighted by Gasteiger charge is -2.37. The van der Waals surface area contributed by atoms with Gasteiger partial charge in [0, 0.05) is 50.0 Å². The van der Waals surface area contributed by atoms with E-state index in [9.17, 15) is 4.79 Å². The average Bonchev–Trinajstić information content (AvgIpc) is 2.55. The zero-order valence-electron chi connectivity index (χ0n) is 14.1. The molecular formula is C17H27ClN4O. The molecule has 0 aliphatic carbocycles. The number of anilines is 1. The van der Waals surface area contributed by atoms with Gasteiger partial charge in [0.2, 0.25) is 0 Å². The molecule has 1 aromatic carbocycles. The monoisotopic (exact) mass is 338 g/mol. The molecule has 23 heavy (non-hydrogen) atoms. The molecule has 1 aromatic rings. The van der Waals surface area contributed by atoms with Crippen LogP contribution in [0.25, 0.3) is 0 Å². The van der Waals surface area contributed by atoms with Crippen molar-refractivity contribution in [2.45, 2.75) is 20.3 Å². The summed E-state index contributed by atoms with van der Waals surface area (Å²) in [6.45, 7) is 10.6. The number of nitrogens with zero attached hydrogens (tertiary/aromatic N) is 2. The number of carbonyl (C=O) groups is 1. The summed E-state index contributed by atoms with van der Waals surface area (Å²) in [5.74, 6) is 0. The van der Waals surface area contributed by atoms with E-state index in [1.54, 1.807) is 0 Å². The third kappa shape index (κ3) is 5.59. The standard InChI is InChI=1S/C17H27ClN4O/c1-3-19-17(23)20-7-4-8-21-9-11-22(12-10-21)16-13-15(18)6-5-14(16)2/h5-6,13H,3-4,7-12H2,1-2H3,(H2,19,20,23). The Labute approximate surface area is 144 Å². The molecule has 1 aliphatic heterocycles. The molecule has 6 heteroatoms. The molecule has 0 atom stereocenters. The van der Waals surface area contributed by atoms with Gasteiger partial charge < -0.3 is 15.5 Å². The highest BCUT2D eigenvalue weighted by molar-refractivity contribution is 6.30. The Morgan fingerprint density at radius 1 is 1.22 bits per heavy atom. The lowest BCUT2D eigenvalue weighted by atomic mass is 10.1. The molecule has 1 aliphatic rings. The third-order valence-electron chi connectivity index (χ3n) is 4.16. The Kier molecular flexibility index (Phi) is 6.99. The van der Waals surface area contributed by atoms with Crippen molar-refractivity contribution in [3.8, 4) is 0 Å². The van der Waals surface area contributed by atoms with Gasteiger partial charge in [-0.3, -0.25) is 4.90 Å². The van der Waals surface area contributed by atoms with E-state index in [1.807, 2.05) is 13.0 Å². The molecule has 1 saturated heterocycles. The Balaban J connectivity index is 1.70. The van der Waals surface area contributed by atoms with Crippen molar-refractivity contribution in [1.29, 1.82) is 0 Å². The molecule has 2 rings (SSSR count). The van der Waals surface area contributed by atoms with Crippen LogP contribution in [0.5, 0.6) is 0 Å². The Hall–Kier alpha value is -1.46. The molecule has 2 amide bonds. The van der Waals surface area contributed by atoms with Crippen molar-refractivity contribution in [3.05, 3.63) is 28.8 Å². The van der Waals surface area contributed by atoms with E-state index in [0.29, 0.717) is 6.54 Å². The summed E-state index contributed by atoms with van der Waals surface area (Å²) in [5, 5.41) is 6.40. The van der Waals surface area contributed by atoms with Crippen LogP contribution in [0, 0.1) is 6.92 Å². The first-order valence-electron chi connectivity index (χ1n) is 8.35. The van der Waals surface area contributed by atoms with Crippen LogP contribution in [0.15, 0.2) is 18.2 Å². The second-order valence-corrected chi connectivity index (χ2v) is 6.34. The fourth-order valence-electron chi connectivity index (χ4n) is 2.86. The molecule has 128 valence electrons. The summed E-state index contributed by atoms with van der Waals surface area (Å²) in [6, 6.07) is 6.01. The first kappa shape index (κ1) is 17.9. The van der Waals surface area contributed by atoms with Gasteiger partial charge >= 0.3 is 6.03 Å². The van der Waals surface area contributed by atoms with Gasteiger partial charge in [-0.25, -0.2) is 4.79 Å².